The van der Waals surface area contributed by atoms with Crippen molar-refractivity contribution < 1.29 is 19.1 Å². The Kier molecular flexibility index (Phi) is 5.99. The number of nitrogens with one attached hydrogen (secondary N) is 1. The maximum absolute atomic E-state index is 12.2. The van der Waals surface area contributed by atoms with Crippen LogP contribution < -0.4 is 5.32 Å². The van der Waals surface area contributed by atoms with Gasteiger partial charge in [0.2, 0.25) is 5.91 Å². The van der Waals surface area contributed by atoms with E-state index in [4.69, 9.17) is 9.47 Å². The second kappa shape index (κ2) is 7.79. The van der Waals surface area contributed by atoms with Gasteiger partial charge >= 0.3 is 5.97 Å². The van der Waals surface area contributed by atoms with E-state index in [2.05, 4.69) is 38.2 Å². The molecule has 5 nitrogen and oxygen atoms in total. The van der Waals surface area contributed by atoms with E-state index in [1.54, 1.807) is 0 Å². The van der Waals surface area contributed by atoms with Gasteiger partial charge in [-0.3, -0.25) is 4.79 Å². The molecule has 0 aromatic heterocycles. The number of esters is 1. The topological polar surface area (TPSA) is 64.6 Å². The molecule has 1 N–H and O–H groups in total. The van der Waals surface area contributed by atoms with Gasteiger partial charge < -0.3 is 14.8 Å². The summed E-state index contributed by atoms with van der Waals surface area (Å²) >= 11 is 0. The Bertz CT molecular complexity index is 568. The van der Waals surface area contributed by atoms with Gasteiger partial charge in [0.15, 0.2) is 0 Å². The molecule has 5 heteroatoms. The van der Waals surface area contributed by atoms with Gasteiger partial charge in [0.1, 0.15) is 12.1 Å². The summed E-state index contributed by atoms with van der Waals surface area (Å²) in [5, 5.41) is 2.76. The lowest BCUT2D eigenvalue weighted by molar-refractivity contribution is -0.146. The molecule has 0 spiro atoms. The van der Waals surface area contributed by atoms with Crippen molar-refractivity contribution >= 4 is 11.9 Å². The first-order valence-electron chi connectivity index (χ1n) is 8.40. The summed E-state index contributed by atoms with van der Waals surface area (Å²) < 4.78 is 10.2. The number of methoxy groups -OCH3 is 1. The lowest BCUT2D eigenvalue weighted by Gasteiger charge is -2.21. The molecule has 2 rings (SSSR count). The third-order valence-corrected chi connectivity index (χ3v) is 4.28. The largest absolute Gasteiger partial charge is 0.467 e. The minimum Gasteiger partial charge on any atom is -0.467 e. The van der Waals surface area contributed by atoms with Gasteiger partial charge in [-0.05, 0) is 29.4 Å². The van der Waals surface area contributed by atoms with Crippen molar-refractivity contribution in [3.63, 3.8) is 0 Å². The fourth-order valence-corrected chi connectivity index (χ4v) is 2.76. The van der Waals surface area contributed by atoms with Crippen LogP contribution in [0, 0.1) is 0 Å². The van der Waals surface area contributed by atoms with Gasteiger partial charge in [0.05, 0.1) is 7.11 Å². The number of carbonyl (C=O) groups excluding carboxylic acids is 2. The van der Waals surface area contributed by atoms with Crippen LogP contribution >= 0.6 is 0 Å². The molecule has 1 aromatic carbocycles. The highest BCUT2D eigenvalue weighted by atomic mass is 16.5. The van der Waals surface area contributed by atoms with Crippen LogP contribution in [0.3, 0.4) is 0 Å². The molecule has 1 aliphatic heterocycles. The quantitative estimate of drug-likeness (QED) is 0.840. The van der Waals surface area contributed by atoms with Crippen molar-refractivity contribution in [1.29, 1.82) is 0 Å². The minimum atomic E-state index is -0.702. The second-order valence-electron chi connectivity index (χ2n) is 7.24. The maximum atomic E-state index is 12.2. The summed E-state index contributed by atoms with van der Waals surface area (Å²) in [6.45, 7) is 7.05. The van der Waals surface area contributed by atoms with Crippen molar-refractivity contribution in [2.75, 3.05) is 13.7 Å². The van der Waals surface area contributed by atoms with E-state index < -0.39 is 18.1 Å². The zero-order chi connectivity index (χ0) is 17.7. The van der Waals surface area contributed by atoms with Gasteiger partial charge in [-0.15, -0.1) is 0 Å². The van der Waals surface area contributed by atoms with E-state index in [9.17, 15) is 9.59 Å². The van der Waals surface area contributed by atoms with Crippen LogP contribution in [-0.2, 0) is 30.9 Å². The Balaban J connectivity index is 2.05. The molecule has 0 aliphatic carbocycles. The normalized spacial score (nSPS) is 18.9. The molecular formula is C19H27NO4. The summed E-state index contributed by atoms with van der Waals surface area (Å²) in [6, 6.07) is 7.41. The van der Waals surface area contributed by atoms with Gasteiger partial charge in [0, 0.05) is 13.0 Å². The molecule has 0 radical (unpaired) electrons. The average molecular weight is 333 g/mol. The minimum absolute atomic E-state index is 0.0777. The molecule has 1 aromatic rings. The van der Waals surface area contributed by atoms with E-state index in [-0.39, 0.29) is 11.3 Å². The van der Waals surface area contributed by atoms with E-state index in [1.165, 1.54) is 12.7 Å². The zero-order valence-electron chi connectivity index (χ0n) is 14.9. The van der Waals surface area contributed by atoms with E-state index >= 15 is 0 Å². The summed E-state index contributed by atoms with van der Waals surface area (Å²) in [5.41, 5.74) is 2.28. The molecule has 1 fully saturated rings. The van der Waals surface area contributed by atoms with Gasteiger partial charge in [0.25, 0.3) is 0 Å². The first-order valence-corrected chi connectivity index (χ1v) is 8.40. The van der Waals surface area contributed by atoms with Gasteiger partial charge in [-0.25, -0.2) is 4.79 Å². The molecule has 0 bridgehead atoms. The number of ether oxygens (including phenoxy) is 2. The molecule has 0 saturated carbocycles. The highest BCUT2D eigenvalue weighted by Crippen LogP contribution is 2.22. The first kappa shape index (κ1) is 18.5. The SMILES string of the molecule is COC(=O)[C@H](Cc1ccc(C(C)(C)C)cc1)NC(=O)[C@H]1CCCO1. The molecule has 2 atom stereocenters. The third kappa shape index (κ3) is 4.81. The molecule has 1 amide bonds. The molecule has 132 valence electrons. The lowest BCUT2D eigenvalue weighted by atomic mass is 9.86. The predicted molar refractivity (Wildman–Crippen MR) is 91.8 cm³/mol. The summed E-state index contributed by atoms with van der Waals surface area (Å²) in [4.78, 5) is 24.2. The van der Waals surface area contributed by atoms with Crippen LogP contribution in [-0.4, -0.2) is 37.7 Å². The van der Waals surface area contributed by atoms with Crippen LogP contribution in [0.5, 0.6) is 0 Å². The van der Waals surface area contributed by atoms with Crippen LogP contribution in [0.25, 0.3) is 0 Å². The Morgan fingerprint density at radius 3 is 2.46 bits per heavy atom. The fraction of sp³-hybridized carbons (Fsp3) is 0.579. The standard InChI is InChI=1S/C19H27NO4/c1-19(2,3)14-9-7-13(8-10-14)12-15(18(22)23-4)20-17(21)16-6-5-11-24-16/h7-10,15-16H,5-6,11-12H2,1-4H3,(H,20,21)/t15-,16+/m0/s1. The number of rotatable bonds is 5. The highest BCUT2D eigenvalue weighted by Gasteiger charge is 2.29. The van der Waals surface area contributed by atoms with Crippen molar-refractivity contribution in [3.8, 4) is 0 Å². The van der Waals surface area contributed by atoms with Crippen molar-refractivity contribution in [2.24, 2.45) is 0 Å². The van der Waals surface area contributed by atoms with E-state index in [1.807, 2.05) is 12.1 Å². The molecule has 1 saturated heterocycles. The Hall–Kier alpha value is -1.88. The van der Waals surface area contributed by atoms with Crippen molar-refractivity contribution in [2.45, 2.75) is 57.6 Å². The predicted octanol–water partition coefficient (Wildman–Crippen LogP) is 2.36. The molecule has 0 unspecified atom stereocenters. The van der Waals surface area contributed by atoms with Crippen LogP contribution in [0.15, 0.2) is 24.3 Å². The maximum Gasteiger partial charge on any atom is 0.328 e. The molecule has 1 aliphatic rings. The smallest absolute Gasteiger partial charge is 0.328 e. The van der Waals surface area contributed by atoms with E-state index in [0.29, 0.717) is 19.4 Å². The molecule has 24 heavy (non-hydrogen) atoms. The molecular weight excluding hydrogens is 306 g/mol. The van der Waals surface area contributed by atoms with Gasteiger partial charge in [-0.2, -0.15) is 0 Å². The Morgan fingerprint density at radius 1 is 1.29 bits per heavy atom. The average Bonchev–Trinajstić information content (AvgIpc) is 3.07. The first-order chi connectivity index (χ1) is 11.3. The summed E-state index contributed by atoms with van der Waals surface area (Å²) in [6.07, 6.45) is 1.51. The fourth-order valence-electron chi connectivity index (χ4n) is 2.76. The lowest BCUT2D eigenvalue weighted by Crippen LogP contribution is -2.47. The van der Waals surface area contributed by atoms with Crippen LogP contribution in [0.2, 0.25) is 0 Å². The number of benzene rings is 1. The van der Waals surface area contributed by atoms with Crippen molar-refractivity contribution in [3.05, 3.63) is 35.4 Å². The number of hydrogen-bond donors (Lipinski definition) is 1. The summed E-state index contributed by atoms with van der Waals surface area (Å²) in [5.74, 6) is -0.685. The monoisotopic (exact) mass is 333 g/mol. The summed E-state index contributed by atoms with van der Waals surface area (Å²) in [7, 11) is 1.33. The number of hydrogen-bond acceptors (Lipinski definition) is 4. The van der Waals surface area contributed by atoms with E-state index in [0.717, 1.165) is 12.0 Å². The number of amides is 1. The van der Waals surface area contributed by atoms with Crippen molar-refractivity contribution in [1.82, 2.24) is 5.32 Å². The molecule has 1 heterocycles. The van der Waals surface area contributed by atoms with Crippen LogP contribution in [0.1, 0.15) is 44.7 Å². The Morgan fingerprint density at radius 2 is 1.96 bits per heavy atom. The van der Waals surface area contributed by atoms with Gasteiger partial charge in [-0.1, -0.05) is 45.0 Å². The third-order valence-electron chi connectivity index (χ3n) is 4.28. The second-order valence-corrected chi connectivity index (χ2v) is 7.24. The number of carbonyl (C=O) groups is 2. The highest BCUT2D eigenvalue weighted by molar-refractivity contribution is 5.87. The Labute approximate surface area is 143 Å². The van der Waals surface area contributed by atoms with Crippen LogP contribution in [0.4, 0.5) is 0 Å². The zero-order valence-corrected chi connectivity index (χ0v) is 14.9.